The van der Waals surface area contributed by atoms with Crippen molar-refractivity contribution in [2.45, 2.75) is 32.7 Å². The predicted octanol–water partition coefficient (Wildman–Crippen LogP) is 4.09. The molecule has 1 heterocycles. The van der Waals surface area contributed by atoms with Crippen LogP contribution in [-0.2, 0) is 4.79 Å². The lowest BCUT2D eigenvalue weighted by Gasteiger charge is -2.24. The number of aryl methyl sites for hydroxylation is 2. The second-order valence-electron chi connectivity index (χ2n) is 6.77. The van der Waals surface area contributed by atoms with Crippen molar-refractivity contribution in [3.63, 3.8) is 0 Å². The number of nitrogens with one attached hydrogen (secondary N) is 1. The van der Waals surface area contributed by atoms with Crippen LogP contribution in [0.1, 0.15) is 35.6 Å². The fraction of sp³-hybridized carbons (Fsp3) is 0.381. The lowest BCUT2D eigenvalue weighted by atomic mass is 10.0. The van der Waals surface area contributed by atoms with E-state index in [1.807, 2.05) is 38.1 Å². The van der Waals surface area contributed by atoms with Crippen molar-refractivity contribution in [1.29, 1.82) is 0 Å². The summed E-state index contributed by atoms with van der Waals surface area (Å²) in [6.07, 6.45) is 2.20. The van der Waals surface area contributed by atoms with Gasteiger partial charge in [0.25, 0.3) is 0 Å². The number of benzene rings is 2. The molecule has 1 amide bonds. The van der Waals surface area contributed by atoms with Crippen LogP contribution in [0, 0.1) is 13.8 Å². The first kappa shape index (κ1) is 17.5. The number of carbonyl (C=O) groups excluding carboxylic acids is 1. The third-order valence-electron chi connectivity index (χ3n) is 4.88. The second kappa shape index (κ2) is 7.70. The highest BCUT2D eigenvalue weighted by Gasteiger charge is 2.27. The Kier molecular flexibility index (Phi) is 5.39. The lowest BCUT2D eigenvalue weighted by Crippen LogP contribution is -2.33. The summed E-state index contributed by atoms with van der Waals surface area (Å²) in [7, 11) is 1.68. The largest absolute Gasteiger partial charge is 0.497 e. The van der Waals surface area contributed by atoms with Gasteiger partial charge in [0.2, 0.25) is 5.91 Å². The van der Waals surface area contributed by atoms with Gasteiger partial charge in [-0.2, -0.15) is 0 Å². The monoisotopic (exact) mass is 338 g/mol. The Labute approximate surface area is 149 Å². The smallest absolute Gasteiger partial charge is 0.238 e. The summed E-state index contributed by atoms with van der Waals surface area (Å²) in [6, 6.07) is 14.6. The van der Waals surface area contributed by atoms with Crippen LogP contribution in [0.4, 0.5) is 5.69 Å². The maximum absolute atomic E-state index is 12.5. The van der Waals surface area contributed by atoms with E-state index in [-0.39, 0.29) is 5.91 Å². The number of amides is 1. The van der Waals surface area contributed by atoms with Gasteiger partial charge in [0.15, 0.2) is 0 Å². The van der Waals surface area contributed by atoms with E-state index in [1.54, 1.807) is 7.11 Å². The van der Waals surface area contributed by atoms with E-state index in [4.69, 9.17) is 4.74 Å². The van der Waals surface area contributed by atoms with Gasteiger partial charge in [0.1, 0.15) is 5.75 Å². The minimum absolute atomic E-state index is 0.0501. The summed E-state index contributed by atoms with van der Waals surface area (Å²) >= 11 is 0. The van der Waals surface area contributed by atoms with E-state index in [1.165, 1.54) is 5.56 Å². The predicted molar refractivity (Wildman–Crippen MR) is 101 cm³/mol. The zero-order valence-electron chi connectivity index (χ0n) is 15.2. The number of nitrogens with zero attached hydrogens (tertiary/aromatic N) is 1. The molecule has 1 fully saturated rings. The highest BCUT2D eigenvalue weighted by atomic mass is 16.5. The Morgan fingerprint density at radius 1 is 1.20 bits per heavy atom. The number of likely N-dealkylation sites (tertiary alicyclic amines) is 1. The molecule has 0 radical (unpaired) electrons. The summed E-state index contributed by atoms with van der Waals surface area (Å²) < 4.78 is 5.23. The summed E-state index contributed by atoms with van der Waals surface area (Å²) in [5.74, 6) is 0.912. The van der Waals surface area contributed by atoms with Crippen molar-refractivity contribution in [2.75, 3.05) is 25.5 Å². The summed E-state index contributed by atoms with van der Waals surface area (Å²) in [6.45, 7) is 5.43. The third-order valence-corrected chi connectivity index (χ3v) is 4.88. The van der Waals surface area contributed by atoms with Gasteiger partial charge in [0.05, 0.1) is 13.7 Å². The van der Waals surface area contributed by atoms with Crippen LogP contribution < -0.4 is 10.1 Å². The summed E-state index contributed by atoms with van der Waals surface area (Å²) in [4.78, 5) is 14.8. The number of anilines is 1. The third kappa shape index (κ3) is 4.20. The highest BCUT2D eigenvalue weighted by Crippen LogP contribution is 2.32. The Morgan fingerprint density at radius 2 is 1.96 bits per heavy atom. The molecule has 2 aromatic rings. The molecule has 1 N–H and O–H groups in total. The standard InChI is InChI=1S/C21H26N2O2/c1-15-6-7-16(2)19(13-15)22-21(24)14-23-12-4-5-20(23)17-8-10-18(25-3)11-9-17/h6-11,13,20H,4-5,12,14H2,1-3H3,(H,22,24). The van der Waals surface area contributed by atoms with E-state index >= 15 is 0 Å². The van der Waals surface area contributed by atoms with Gasteiger partial charge in [-0.1, -0.05) is 24.3 Å². The van der Waals surface area contributed by atoms with Crippen molar-refractivity contribution < 1.29 is 9.53 Å². The average Bonchev–Trinajstić information content (AvgIpc) is 3.06. The van der Waals surface area contributed by atoms with Crippen molar-refractivity contribution in [2.24, 2.45) is 0 Å². The molecule has 2 aromatic carbocycles. The molecule has 132 valence electrons. The number of hydrogen-bond acceptors (Lipinski definition) is 3. The zero-order valence-corrected chi connectivity index (χ0v) is 15.2. The van der Waals surface area contributed by atoms with Crippen LogP contribution in [0.2, 0.25) is 0 Å². The zero-order chi connectivity index (χ0) is 17.8. The van der Waals surface area contributed by atoms with E-state index in [9.17, 15) is 4.79 Å². The van der Waals surface area contributed by atoms with Gasteiger partial charge < -0.3 is 10.1 Å². The van der Waals surface area contributed by atoms with Crippen molar-refractivity contribution in [3.05, 3.63) is 59.2 Å². The van der Waals surface area contributed by atoms with E-state index in [0.717, 1.165) is 42.0 Å². The molecule has 0 aromatic heterocycles. The first-order valence-corrected chi connectivity index (χ1v) is 8.82. The molecule has 0 spiro atoms. The molecule has 1 aliphatic rings. The van der Waals surface area contributed by atoms with Gasteiger partial charge in [0, 0.05) is 11.7 Å². The highest BCUT2D eigenvalue weighted by molar-refractivity contribution is 5.93. The van der Waals surface area contributed by atoms with Crippen molar-refractivity contribution in [3.8, 4) is 5.75 Å². The molecule has 25 heavy (non-hydrogen) atoms. The average molecular weight is 338 g/mol. The SMILES string of the molecule is COc1ccc(C2CCCN2CC(=O)Nc2cc(C)ccc2C)cc1. The minimum atomic E-state index is 0.0501. The quantitative estimate of drug-likeness (QED) is 0.893. The maximum Gasteiger partial charge on any atom is 0.238 e. The van der Waals surface area contributed by atoms with Crippen LogP contribution in [0.5, 0.6) is 5.75 Å². The summed E-state index contributed by atoms with van der Waals surface area (Å²) in [5.41, 5.74) is 4.40. The number of ether oxygens (including phenoxy) is 1. The first-order valence-electron chi connectivity index (χ1n) is 8.82. The molecule has 1 aliphatic heterocycles. The topological polar surface area (TPSA) is 41.6 Å². The van der Waals surface area contributed by atoms with Crippen LogP contribution in [0.3, 0.4) is 0 Å². The van der Waals surface area contributed by atoms with Crippen LogP contribution >= 0.6 is 0 Å². The number of methoxy groups -OCH3 is 1. The molecule has 0 saturated carbocycles. The molecule has 0 bridgehead atoms. The molecule has 4 nitrogen and oxygen atoms in total. The van der Waals surface area contributed by atoms with Gasteiger partial charge >= 0.3 is 0 Å². The molecule has 1 atom stereocenters. The number of carbonyl (C=O) groups is 1. The first-order chi connectivity index (χ1) is 12.1. The molecular formula is C21H26N2O2. The van der Waals surface area contributed by atoms with Gasteiger partial charge in [-0.3, -0.25) is 9.69 Å². The Morgan fingerprint density at radius 3 is 2.68 bits per heavy atom. The Balaban J connectivity index is 1.66. The van der Waals surface area contributed by atoms with Crippen molar-refractivity contribution in [1.82, 2.24) is 4.90 Å². The molecular weight excluding hydrogens is 312 g/mol. The van der Waals surface area contributed by atoms with Gasteiger partial charge in [-0.15, -0.1) is 0 Å². The molecule has 1 unspecified atom stereocenters. The Hall–Kier alpha value is -2.33. The molecule has 3 rings (SSSR count). The lowest BCUT2D eigenvalue weighted by molar-refractivity contribution is -0.117. The fourth-order valence-corrected chi connectivity index (χ4v) is 3.46. The Bertz CT molecular complexity index is 740. The van der Waals surface area contributed by atoms with Crippen molar-refractivity contribution >= 4 is 11.6 Å². The molecule has 1 saturated heterocycles. The summed E-state index contributed by atoms with van der Waals surface area (Å²) in [5, 5.41) is 3.07. The van der Waals surface area contributed by atoms with E-state index in [2.05, 4.69) is 28.4 Å². The van der Waals surface area contributed by atoms with Crippen LogP contribution in [0.25, 0.3) is 0 Å². The molecule has 0 aliphatic carbocycles. The van der Waals surface area contributed by atoms with E-state index in [0.29, 0.717) is 12.6 Å². The number of hydrogen-bond donors (Lipinski definition) is 1. The van der Waals surface area contributed by atoms with Crippen LogP contribution in [0.15, 0.2) is 42.5 Å². The second-order valence-corrected chi connectivity index (χ2v) is 6.77. The van der Waals surface area contributed by atoms with Gasteiger partial charge in [-0.05, 0) is 68.1 Å². The van der Waals surface area contributed by atoms with E-state index < -0.39 is 0 Å². The van der Waals surface area contributed by atoms with Crippen LogP contribution in [-0.4, -0.2) is 31.0 Å². The minimum Gasteiger partial charge on any atom is -0.497 e. The maximum atomic E-state index is 12.5. The van der Waals surface area contributed by atoms with Gasteiger partial charge in [-0.25, -0.2) is 0 Å². The normalized spacial score (nSPS) is 17.5. The number of rotatable bonds is 5. The molecule has 4 heteroatoms. The fourth-order valence-electron chi connectivity index (χ4n) is 3.46.